The van der Waals surface area contributed by atoms with Gasteiger partial charge in [-0.1, -0.05) is 32.0 Å². The molecule has 0 aliphatic heterocycles. The quantitative estimate of drug-likeness (QED) is 0.383. The number of carboxylic acid groups (broad SMARTS) is 1. The number of rotatable bonds is 11. The van der Waals surface area contributed by atoms with E-state index in [4.69, 9.17) is 14.7 Å². The maximum Gasteiger partial charge on any atom is 0.510 e. The third kappa shape index (κ3) is 6.54. The number of halogens is 1. The lowest BCUT2D eigenvalue weighted by atomic mass is 9.98. The van der Waals surface area contributed by atoms with Crippen molar-refractivity contribution in [3.8, 4) is 16.9 Å². The highest BCUT2D eigenvalue weighted by Crippen LogP contribution is 2.33. The van der Waals surface area contributed by atoms with Crippen molar-refractivity contribution in [1.82, 2.24) is 9.78 Å². The summed E-state index contributed by atoms with van der Waals surface area (Å²) in [7, 11) is -2.22. The Labute approximate surface area is 192 Å². The van der Waals surface area contributed by atoms with E-state index in [-0.39, 0.29) is 24.5 Å². The van der Waals surface area contributed by atoms with Crippen LogP contribution in [0.3, 0.4) is 0 Å². The van der Waals surface area contributed by atoms with Gasteiger partial charge in [0.15, 0.2) is 0 Å². The SMILES string of the molecule is CC(C)c1c(CCO[P+](=O)C[C@@H](O)CC(=O)O)c(-c2ccc(F)cc2)nn1-c1ccccc1. The highest BCUT2D eigenvalue weighted by Gasteiger charge is 2.27. The first kappa shape index (κ1) is 24.7. The maximum absolute atomic E-state index is 13.5. The molecule has 0 spiro atoms. The van der Waals surface area contributed by atoms with Crippen molar-refractivity contribution < 1.29 is 28.5 Å². The van der Waals surface area contributed by atoms with E-state index in [1.807, 2.05) is 35.0 Å². The van der Waals surface area contributed by atoms with Gasteiger partial charge < -0.3 is 10.2 Å². The number of nitrogens with zero attached hydrogens (tertiary/aromatic N) is 2. The Bertz CT molecular complexity index is 1100. The zero-order valence-electron chi connectivity index (χ0n) is 18.5. The molecular formula is C24H27FN2O5P+. The maximum atomic E-state index is 13.5. The number of para-hydroxylation sites is 1. The topological polar surface area (TPSA) is 102 Å². The van der Waals surface area contributed by atoms with E-state index in [1.54, 1.807) is 12.1 Å². The van der Waals surface area contributed by atoms with Gasteiger partial charge >= 0.3 is 14.0 Å². The molecule has 0 aliphatic carbocycles. The Morgan fingerprint density at radius 1 is 1.15 bits per heavy atom. The second-order valence-electron chi connectivity index (χ2n) is 7.97. The molecule has 0 amide bonds. The van der Waals surface area contributed by atoms with Crippen molar-refractivity contribution in [1.29, 1.82) is 0 Å². The molecule has 3 rings (SSSR count). The third-order valence-corrected chi connectivity index (χ3v) is 6.24. The number of benzene rings is 2. The van der Waals surface area contributed by atoms with Gasteiger partial charge in [0.1, 0.15) is 18.5 Å². The van der Waals surface area contributed by atoms with Crippen molar-refractivity contribution >= 4 is 14.0 Å². The molecule has 0 radical (unpaired) electrons. The third-order valence-electron chi connectivity index (χ3n) is 5.05. The summed E-state index contributed by atoms with van der Waals surface area (Å²) >= 11 is 0. The smallest absolute Gasteiger partial charge is 0.481 e. The Morgan fingerprint density at radius 2 is 1.82 bits per heavy atom. The number of carbonyl (C=O) groups is 1. The standard InChI is InChI=1S/C24H26FN2O5P/c1-16(2)24-21(12-13-32-33(31)15-20(28)14-22(29)30)23(17-8-10-18(25)11-9-17)26-27(24)19-6-4-3-5-7-19/h3-11,16,20,28H,12-15H2,1-2H3/p+1/t20-/m0/s1. The van der Waals surface area contributed by atoms with Gasteiger partial charge in [0.05, 0.1) is 23.5 Å². The minimum absolute atomic E-state index is 0.101. The molecule has 2 aromatic carbocycles. The summed E-state index contributed by atoms with van der Waals surface area (Å²) in [5, 5.41) is 23.2. The van der Waals surface area contributed by atoms with E-state index in [2.05, 4.69) is 13.8 Å². The number of hydrogen-bond acceptors (Lipinski definition) is 5. The van der Waals surface area contributed by atoms with Crippen LogP contribution in [0.1, 0.15) is 37.4 Å². The summed E-state index contributed by atoms with van der Waals surface area (Å²) in [6, 6.07) is 15.8. The van der Waals surface area contributed by atoms with Crippen molar-refractivity contribution in [3.63, 3.8) is 0 Å². The number of carboxylic acids is 1. The van der Waals surface area contributed by atoms with Gasteiger partial charge in [-0.2, -0.15) is 5.10 Å². The van der Waals surface area contributed by atoms with Crippen molar-refractivity contribution in [2.24, 2.45) is 0 Å². The Morgan fingerprint density at radius 3 is 2.42 bits per heavy atom. The lowest BCUT2D eigenvalue weighted by molar-refractivity contribution is -0.138. The number of aliphatic hydroxyl groups excluding tert-OH is 1. The van der Waals surface area contributed by atoms with Crippen LogP contribution >= 0.6 is 8.03 Å². The summed E-state index contributed by atoms with van der Waals surface area (Å²) in [6.07, 6.45) is -1.57. The van der Waals surface area contributed by atoms with Crippen LogP contribution in [0.2, 0.25) is 0 Å². The first-order chi connectivity index (χ1) is 15.8. The molecule has 0 bridgehead atoms. The summed E-state index contributed by atoms with van der Waals surface area (Å²) in [6.45, 7) is 4.21. The van der Waals surface area contributed by atoms with E-state index in [0.717, 1.165) is 22.5 Å². The van der Waals surface area contributed by atoms with Gasteiger partial charge in [-0.15, -0.1) is 4.52 Å². The number of hydrogen-bond donors (Lipinski definition) is 2. The van der Waals surface area contributed by atoms with Crippen LogP contribution in [0.15, 0.2) is 54.6 Å². The molecule has 33 heavy (non-hydrogen) atoms. The summed E-state index contributed by atoms with van der Waals surface area (Å²) in [4.78, 5) is 10.7. The zero-order chi connectivity index (χ0) is 24.0. The van der Waals surface area contributed by atoms with Crippen molar-refractivity contribution in [2.75, 3.05) is 12.8 Å². The van der Waals surface area contributed by atoms with Crippen LogP contribution in [0.25, 0.3) is 16.9 Å². The molecule has 7 nitrogen and oxygen atoms in total. The van der Waals surface area contributed by atoms with E-state index < -0.39 is 26.5 Å². The fourth-order valence-electron chi connectivity index (χ4n) is 3.65. The Kier molecular flexibility index (Phi) is 8.44. The fourth-order valence-corrected chi connectivity index (χ4v) is 4.52. The van der Waals surface area contributed by atoms with E-state index in [9.17, 15) is 18.9 Å². The van der Waals surface area contributed by atoms with E-state index in [1.165, 1.54) is 12.1 Å². The van der Waals surface area contributed by atoms with Crippen LogP contribution < -0.4 is 0 Å². The zero-order valence-corrected chi connectivity index (χ0v) is 19.4. The van der Waals surface area contributed by atoms with Gasteiger partial charge in [0.2, 0.25) is 6.16 Å². The molecule has 1 aromatic heterocycles. The monoisotopic (exact) mass is 473 g/mol. The minimum Gasteiger partial charge on any atom is -0.481 e. The van der Waals surface area contributed by atoms with Crippen molar-refractivity contribution in [2.45, 2.75) is 38.7 Å². The molecule has 0 fully saturated rings. The molecule has 9 heteroatoms. The van der Waals surface area contributed by atoms with Gasteiger partial charge in [-0.3, -0.25) is 4.79 Å². The van der Waals surface area contributed by atoms with Gasteiger partial charge in [0, 0.05) is 17.5 Å². The average molecular weight is 473 g/mol. The van der Waals surface area contributed by atoms with Gasteiger partial charge in [0.25, 0.3) is 0 Å². The molecule has 1 heterocycles. The second kappa shape index (κ2) is 11.3. The first-order valence-electron chi connectivity index (χ1n) is 10.7. The van der Waals surface area contributed by atoms with Gasteiger partial charge in [-0.25, -0.2) is 9.07 Å². The highest BCUT2D eigenvalue weighted by molar-refractivity contribution is 7.39. The number of aliphatic carboxylic acids is 1. The van der Waals surface area contributed by atoms with Crippen LogP contribution in [0.5, 0.6) is 0 Å². The number of aliphatic hydroxyl groups is 1. The lowest BCUT2D eigenvalue weighted by Crippen LogP contribution is -2.15. The Hall–Kier alpha value is -2.93. The Balaban J connectivity index is 1.90. The second-order valence-corrected chi connectivity index (χ2v) is 9.26. The predicted molar refractivity (Wildman–Crippen MR) is 123 cm³/mol. The van der Waals surface area contributed by atoms with Crippen LogP contribution in [-0.2, 0) is 20.3 Å². The summed E-state index contributed by atoms with van der Waals surface area (Å²) in [5.41, 5.74) is 4.19. The molecular weight excluding hydrogens is 446 g/mol. The first-order valence-corrected chi connectivity index (χ1v) is 12.0. The number of aromatic nitrogens is 2. The lowest BCUT2D eigenvalue weighted by Gasteiger charge is -2.12. The summed E-state index contributed by atoms with van der Waals surface area (Å²) < 4.78 is 33.0. The summed E-state index contributed by atoms with van der Waals surface area (Å²) in [5.74, 6) is -1.40. The molecule has 1 unspecified atom stereocenters. The molecule has 0 saturated carbocycles. The molecule has 174 valence electrons. The van der Waals surface area contributed by atoms with Gasteiger partial charge in [-0.05, 0) is 46.9 Å². The highest BCUT2D eigenvalue weighted by atomic mass is 31.1. The molecule has 2 atom stereocenters. The molecule has 2 N–H and O–H groups in total. The van der Waals surface area contributed by atoms with Crippen LogP contribution in [0, 0.1) is 5.82 Å². The normalized spacial score (nSPS) is 12.7. The fraction of sp³-hybridized carbons (Fsp3) is 0.333. The largest absolute Gasteiger partial charge is 0.510 e. The molecule has 0 saturated heterocycles. The van der Waals surface area contributed by atoms with Crippen LogP contribution in [0.4, 0.5) is 4.39 Å². The molecule has 3 aromatic rings. The average Bonchev–Trinajstić information content (AvgIpc) is 3.14. The predicted octanol–water partition coefficient (Wildman–Crippen LogP) is 4.94. The van der Waals surface area contributed by atoms with E-state index in [0.29, 0.717) is 12.1 Å². The van der Waals surface area contributed by atoms with Crippen molar-refractivity contribution in [3.05, 3.63) is 71.7 Å². The van der Waals surface area contributed by atoms with Crippen LogP contribution in [-0.4, -0.2) is 44.8 Å². The van der Waals surface area contributed by atoms with E-state index >= 15 is 0 Å². The minimum atomic E-state index is -2.22. The molecule has 0 aliphatic rings.